The summed E-state index contributed by atoms with van der Waals surface area (Å²) in [5, 5.41) is 2.58. The van der Waals surface area contributed by atoms with Crippen molar-refractivity contribution in [2.75, 3.05) is 0 Å². The number of alkyl halides is 2. The van der Waals surface area contributed by atoms with Gasteiger partial charge in [0.25, 0.3) is 6.43 Å². The number of rotatable bonds is 4. The summed E-state index contributed by atoms with van der Waals surface area (Å²) in [5.41, 5.74) is 0.345. The zero-order chi connectivity index (χ0) is 16.6. The molecule has 3 aromatic heterocycles. The van der Waals surface area contributed by atoms with Crippen molar-refractivity contribution < 1.29 is 17.7 Å². The maximum Gasteiger partial charge on any atom is 0.314 e. The van der Waals surface area contributed by atoms with Gasteiger partial charge in [-0.15, -0.1) is 0 Å². The molecule has 0 unspecified atom stereocenters. The number of hydrogen-bond acceptors (Lipinski definition) is 5. The highest BCUT2D eigenvalue weighted by atomic mass is 32.1. The van der Waals surface area contributed by atoms with Gasteiger partial charge in [0, 0.05) is 0 Å². The van der Waals surface area contributed by atoms with Crippen molar-refractivity contribution in [2.24, 2.45) is 0 Å². The first-order valence-corrected chi connectivity index (χ1v) is 7.19. The van der Waals surface area contributed by atoms with Crippen LogP contribution in [0.1, 0.15) is 37.3 Å². The average molecular weight is 337 g/mol. The van der Waals surface area contributed by atoms with Crippen LogP contribution in [0, 0.1) is 4.84 Å². The molecule has 0 spiro atoms. The van der Waals surface area contributed by atoms with Gasteiger partial charge in [0.15, 0.2) is 5.82 Å². The number of nitrogens with zero attached hydrogens (tertiary/aromatic N) is 2. The molecule has 0 bridgehead atoms. The van der Waals surface area contributed by atoms with Crippen molar-refractivity contribution >= 4 is 12.2 Å². The van der Waals surface area contributed by atoms with Crippen LogP contribution in [-0.4, -0.2) is 15.1 Å². The molecular formula is C15H13F2N3O2S. The standard InChI is InChI=1S/C15H13F2N3O2S/c1-15(2,11-6-8(7-21-11)12(16)17)10-5-3-4-9(18-10)13-19-14(23)22-20-13/h3-7,12H,1-2H3,(H,19,20,23). The minimum Gasteiger partial charge on any atom is -0.468 e. The number of pyridine rings is 1. The van der Waals surface area contributed by atoms with Crippen LogP contribution in [0.4, 0.5) is 8.78 Å². The van der Waals surface area contributed by atoms with Crippen molar-refractivity contribution in [3.8, 4) is 11.5 Å². The fraction of sp³-hybridized carbons (Fsp3) is 0.267. The molecule has 3 rings (SSSR count). The Bertz CT molecular complexity index is 882. The van der Waals surface area contributed by atoms with Crippen LogP contribution >= 0.6 is 12.2 Å². The van der Waals surface area contributed by atoms with E-state index in [1.807, 2.05) is 13.8 Å². The van der Waals surface area contributed by atoms with Gasteiger partial charge in [0.1, 0.15) is 11.5 Å². The number of halogens is 2. The van der Waals surface area contributed by atoms with E-state index in [1.54, 1.807) is 18.2 Å². The molecular weight excluding hydrogens is 324 g/mol. The Morgan fingerprint density at radius 2 is 2.04 bits per heavy atom. The second kappa shape index (κ2) is 5.69. The van der Waals surface area contributed by atoms with Crippen molar-refractivity contribution in [3.63, 3.8) is 0 Å². The van der Waals surface area contributed by atoms with Gasteiger partial charge in [-0.25, -0.2) is 13.8 Å². The highest BCUT2D eigenvalue weighted by Gasteiger charge is 2.30. The van der Waals surface area contributed by atoms with Gasteiger partial charge in [0.05, 0.1) is 22.9 Å². The molecule has 0 aliphatic rings. The summed E-state index contributed by atoms with van der Waals surface area (Å²) in [6.07, 6.45) is -1.50. The molecule has 0 saturated carbocycles. The first-order chi connectivity index (χ1) is 10.9. The fourth-order valence-electron chi connectivity index (χ4n) is 2.17. The average Bonchev–Trinajstić information content (AvgIpc) is 3.16. The van der Waals surface area contributed by atoms with E-state index in [2.05, 4.69) is 15.1 Å². The zero-order valence-electron chi connectivity index (χ0n) is 12.3. The van der Waals surface area contributed by atoms with E-state index in [0.29, 0.717) is 23.0 Å². The lowest BCUT2D eigenvalue weighted by Gasteiger charge is -2.21. The van der Waals surface area contributed by atoms with Crippen LogP contribution in [0.2, 0.25) is 0 Å². The largest absolute Gasteiger partial charge is 0.468 e. The number of aromatic nitrogens is 3. The van der Waals surface area contributed by atoms with E-state index in [4.69, 9.17) is 21.2 Å². The summed E-state index contributed by atoms with van der Waals surface area (Å²) in [5.74, 6) is 0.811. The van der Waals surface area contributed by atoms with Crippen molar-refractivity contribution in [1.82, 2.24) is 15.1 Å². The summed E-state index contributed by atoms with van der Waals surface area (Å²) < 4.78 is 35.7. The summed E-state index contributed by atoms with van der Waals surface area (Å²) in [4.78, 5) is 8.61. The maximum atomic E-state index is 12.8. The first-order valence-electron chi connectivity index (χ1n) is 6.78. The quantitative estimate of drug-likeness (QED) is 0.702. The van der Waals surface area contributed by atoms with Crippen LogP contribution in [0.15, 0.2) is 39.5 Å². The van der Waals surface area contributed by atoms with Crippen LogP contribution < -0.4 is 0 Å². The van der Waals surface area contributed by atoms with Crippen LogP contribution in [0.25, 0.3) is 11.5 Å². The summed E-state index contributed by atoms with van der Waals surface area (Å²) in [7, 11) is 0. The van der Waals surface area contributed by atoms with Crippen LogP contribution in [0.3, 0.4) is 0 Å². The SMILES string of the molecule is CC(C)(c1cccc(-c2nc(=S)o[nH]2)n1)c1cc(C(F)F)co1. The van der Waals surface area contributed by atoms with Gasteiger partial charge < -0.3 is 8.94 Å². The molecule has 0 atom stereocenters. The van der Waals surface area contributed by atoms with Gasteiger partial charge in [0.2, 0.25) is 0 Å². The smallest absolute Gasteiger partial charge is 0.314 e. The van der Waals surface area contributed by atoms with Gasteiger partial charge in [-0.05, 0) is 44.3 Å². The van der Waals surface area contributed by atoms with Gasteiger partial charge in [-0.1, -0.05) is 6.07 Å². The third-order valence-electron chi connectivity index (χ3n) is 3.56. The normalized spacial score (nSPS) is 12.0. The predicted molar refractivity (Wildman–Crippen MR) is 80.7 cm³/mol. The fourth-order valence-corrected chi connectivity index (χ4v) is 2.31. The molecule has 0 aliphatic heterocycles. The Labute approximate surface area is 135 Å². The van der Waals surface area contributed by atoms with Crippen molar-refractivity contribution in [1.29, 1.82) is 0 Å². The molecule has 23 heavy (non-hydrogen) atoms. The van der Waals surface area contributed by atoms with Gasteiger partial charge >= 0.3 is 4.84 Å². The summed E-state index contributed by atoms with van der Waals surface area (Å²) in [6, 6.07) is 6.68. The maximum absolute atomic E-state index is 12.8. The van der Waals surface area contributed by atoms with Crippen LogP contribution in [-0.2, 0) is 5.41 Å². The van der Waals surface area contributed by atoms with Gasteiger partial charge in [-0.3, -0.25) is 0 Å². The molecule has 0 amide bonds. The molecule has 0 radical (unpaired) electrons. The lowest BCUT2D eigenvalue weighted by Crippen LogP contribution is -2.20. The number of H-pyrrole nitrogens is 1. The number of hydrogen-bond donors (Lipinski definition) is 1. The Morgan fingerprint density at radius 1 is 1.26 bits per heavy atom. The van der Waals surface area contributed by atoms with E-state index in [0.717, 1.165) is 6.26 Å². The zero-order valence-corrected chi connectivity index (χ0v) is 13.2. The molecule has 0 aliphatic carbocycles. The predicted octanol–water partition coefficient (Wildman–Crippen LogP) is 4.65. The van der Waals surface area contributed by atoms with Crippen LogP contribution in [0.5, 0.6) is 0 Å². The Morgan fingerprint density at radius 3 is 2.65 bits per heavy atom. The Kier molecular flexibility index (Phi) is 3.85. The third kappa shape index (κ3) is 2.94. The Balaban J connectivity index is 2.00. The lowest BCUT2D eigenvalue weighted by atomic mass is 9.85. The van der Waals surface area contributed by atoms with E-state index in [1.165, 1.54) is 6.07 Å². The van der Waals surface area contributed by atoms with Gasteiger partial charge in [-0.2, -0.15) is 10.1 Å². The Hall–Kier alpha value is -2.35. The van der Waals surface area contributed by atoms with E-state index >= 15 is 0 Å². The first kappa shape index (κ1) is 15.5. The van der Waals surface area contributed by atoms with E-state index in [-0.39, 0.29) is 10.4 Å². The number of aromatic amines is 1. The highest BCUT2D eigenvalue weighted by Crippen LogP contribution is 2.34. The third-order valence-corrected chi connectivity index (χ3v) is 3.73. The van der Waals surface area contributed by atoms with Crippen molar-refractivity contribution in [3.05, 3.63) is 52.4 Å². The molecule has 5 nitrogen and oxygen atoms in total. The molecule has 1 N–H and O–H groups in total. The number of nitrogens with one attached hydrogen (secondary N) is 1. The monoisotopic (exact) mass is 337 g/mol. The molecule has 120 valence electrons. The topological polar surface area (TPSA) is 67.8 Å². The highest BCUT2D eigenvalue weighted by molar-refractivity contribution is 7.71. The molecule has 0 saturated heterocycles. The molecule has 8 heteroatoms. The number of furan rings is 1. The summed E-state index contributed by atoms with van der Waals surface area (Å²) >= 11 is 4.82. The molecule has 3 aromatic rings. The van der Waals surface area contributed by atoms with E-state index < -0.39 is 11.8 Å². The lowest BCUT2D eigenvalue weighted by molar-refractivity contribution is 0.150. The summed E-state index contributed by atoms with van der Waals surface area (Å²) in [6.45, 7) is 3.69. The van der Waals surface area contributed by atoms with E-state index in [9.17, 15) is 8.78 Å². The minimum atomic E-state index is -2.57. The molecule has 0 fully saturated rings. The van der Waals surface area contributed by atoms with Crippen molar-refractivity contribution in [2.45, 2.75) is 25.7 Å². The molecule has 3 heterocycles. The molecule has 0 aromatic carbocycles. The minimum absolute atomic E-state index is 0.0825. The second-order valence-electron chi connectivity index (χ2n) is 5.51. The second-order valence-corrected chi connectivity index (χ2v) is 5.86.